The fraction of sp³-hybridized carbons (Fsp3) is 0.750. The minimum Gasteiger partial charge on any atom is -0.334 e. The van der Waals surface area contributed by atoms with Crippen molar-refractivity contribution in [1.29, 1.82) is 0 Å². The maximum atomic E-state index is 5.66. The SMILES string of the molecule is NCc1nccn1CC1CC2CCC1C2. The summed E-state index contributed by atoms with van der Waals surface area (Å²) in [6, 6.07) is 0. The molecule has 3 atom stereocenters. The lowest BCUT2D eigenvalue weighted by Gasteiger charge is -2.22. The molecule has 3 rings (SSSR count). The van der Waals surface area contributed by atoms with E-state index < -0.39 is 0 Å². The van der Waals surface area contributed by atoms with E-state index in [1.165, 1.54) is 25.7 Å². The predicted molar refractivity (Wildman–Crippen MR) is 59.1 cm³/mol. The Balaban J connectivity index is 1.70. The Bertz CT molecular complexity index is 344. The van der Waals surface area contributed by atoms with Crippen molar-refractivity contribution in [2.75, 3.05) is 0 Å². The number of hydrogen-bond donors (Lipinski definition) is 1. The smallest absolute Gasteiger partial charge is 0.122 e. The molecule has 2 aliphatic carbocycles. The lowest BCUT2D eigenvalue weighted by molar-refractivity contribution is 0.293. The summed E-state index contributed by atoms with van der Waals surface area (Å²) in [5, 5.41) is 0. The van der Waals surface area contributed by atoms with Crippen LogP contribution in [0.4, 0.5) is 0 Å². The van der Waals surface area contributed by atoms with Crippen LogP contribution in [0.15, 0.2) is 12.4 Å². The van der Waals surface area contributed by atoms with Gasteiger partial charge in [-0.15, -0.1) is 0 Å². The van der Waals surface area contributed by atoms with Crippen LogP contribution in [0.2, 0.25) is 0 Å². The number of nitrogens with two attached hydrogens (primary N) is 1. The summed E-state index contributed by atoms with van der Waals surface area (Å²) in [6.07, 6.45) is 9.81. The zero-order chi connectivity index (χ0) is 10.3. The third-order valence-electron chi connectivity index (χ3n) is 4.30. The summed E-state index contributed by atoms with van der Waals surface area (Å²) in [5.41, 5.74) is 5.66. The van der Waals surface area contributed by atoms with Gasteiger partial charge in [-0.2, -0.15) is 0 Å². The maximum absolute atomic E-state index is 5.66. The molecule has 0 aromatic carbocycles. The van der Waals surface area contributed by atoms with E-state index in [1.54, 1.807) is 0 Å². The summed E-state index contributed by atoms with van der Waals surface area (Å²) in [7, 11) is 0. The van der Waals surface area contributed by atoms with Gasteiger partial charge in [0.2, 0.25) is 0 Å². The van der Waals surface area contributed by atoms with E-state index >= 15 is 0 Å². The molecule has 82 valence electrons. The van der Waals surface area contributed by atoms with Crippen molar-refractivity contribution in [1.82, 2.24) is 9.55 Å². The first-order valence-corrected chi connectivity index (χ1v) is 6.07. The van der Waals surface area contributed by atoms with Crippen molar-refractivity contribution in [2.45, 2.75) is 38.8 Å². The normalized spacial score (nSPS) is 33.8. The Kier molecular flexibility index (Phi) is 2.28. The molecule has 1 heterocycles. The van der Waals surface area contributed by atoms with Gasteiger partial charge in [-0.1, -0.05) is 6.42 Å². The predicted octanol–water partition coefficient (Wildman–Crippen LogP) is 1.78. The molecule has 3 unspecified atom stereocenters. The Hall–Kier alpha value is -0.830. The molecular weight excluding hydrogens is 186 g/mol. The highest BCUT2D eigenvalue weighted by Crippen LogP contribution is 2.48. The number of rotatable bonds is 3. The molecule has 1 aromatic heterocycles. The molecule has 2 saturated carbocycles. The van der Waals surface area contributed by atoms with Crippen LogP contribution in [0.5, 0.6) is 0 Å². The van der Waals surface area contributed by atoms with Gasteiger partial charge in [-0.25, -0.2) is 4.98 Å². The number of aromatic nitrogens is 2. The molecule has 2 N–H and O–H groups in total. The average Bonchev–Trinajstić information content (AvgIpc) is 2.92. The van der Waals surface area contributed by atoms with Gasteiger partial charge in [-0.3, -0.25) is 0 Å². The Morgan fingerprint density at radius 2 is 2.33 bits per heavy atom. The first-order valence-electron chi connectivity index (χ1n) is 6.07. The number of fused-ring (bicyclic) bond motifs is 2. The molecule has 0 radical (unpaired) electrons. The van der Waals surface area contributed by atoms with Crippen molar-refractivity contribution in [3.05, 3.63) is 18.2 Å². The summed E-state index contributed by atoms with van der Waals surface area (Å²) in [5.74, 6) is 3.95. The number of nitrogens with zero attached hydrogens (tertiary/aromatic N) is 2. The highest BCUT2D eigenvalue weighted by Gasteiger charge is 2.39. The summed E-state index contributed by atoms with van der Waals surface area (Å²) in [4.78, 5) is 4.28. The fourth-order valence-electron chi connectivity index (χ4n) is 3.55. The Labute approximate surface area is 90.7 Å². The molecule has 0 spiro atoms. The van der Waals surface area contributed by atoms with Crippen LogP contribution in [0.25, 0.3) is 0 Å². The van der Waals surface area contributed by atoms with E-state index in [0.717, 1.165) is 30.1 Å². The Morgan fingerprint density at radius 1 is 1.40 bits per heavy atom. The molecule has 0 saturated heterocycles. The van der Waals surface area contributed by atoms with Crippen LogP contribution in [-0.2, 0) is 13.1 Å². The van der Waals surface area contributed by atoms with Crippen LogP contribution >= 0.6 is 0 Å². The third-order valence-corrected chi connectivity index (χ3v) is 4.30. The molecule has 15 heavy (non-hydrogen) atoms. The van der Waals surface area contributed by atoms with Crippen LogP contribution in [0.1, 0.15) is 31.5 Å². The van der Waals surface area contributed by atoms with Gasteiger partial charge in [0.15, 0.2) is 0 Å². The second kappa shape index (κ2) is 3.63. The molecule has 2 aliphatic rings. The third kappa shape index (κ3) is 1.59. The Morgan fingerprint density at radius 3 is 3.00 bits per heavy atom. The van der Waals surface area contributed by atoms with Crippen molar-refractivity contribution < 1.29 is 0 Å². The second-order valence-electron chi connectivity index (χ2n) is 5.13. The van der Waals surface area contributed by atoms with Crippen molar-refractivity contribution in [3.8, 4) is 0 Å². The summed E-state index contributed by atoms with van der Waals surface area (Å²) >= 11 is 0. The van der Waals surface area contributed by atoms with E-state index in [2.05, 4.69) is 15.7 Å². The van der Waals surface area contributed by atoms with Gasteiger partial charge in [0.25, 0.3) is 0 Å². The lowest BCUT2D eigenvalue weighted by atomic mass is 9.89. The lowest BCUT2D eigenvalue weighted by Crippen LogP contribution is -2.19. The molecule has 1 aromatic rings. The number of hydrogen-bond acceptors (Lipinski definition) is 2. The van der Waals surface area contributed by atoms with E-state index in [0.29, 0.717) is 6.54 Å². The molecule has 0 aliphatic heterocycles. The quantitative estimate of drug-likeness (QED) is 0.817. The fourth-order valence-corrected chi connectivity index (χ4v) is 3.55. The molecule has 2 bridgehead atoms. The van der Waals surface area contributed by atoms with E-state index in [-0.39, 0.29) is 0 Å². The summed E-state index contributed by atoms with van der Waals surface area (Å²) in [6.45, 7) is 1.71. The average molecular weight is 205 g/mol. The minimum absolute atomic E-state index is 0.563. The van der Waals surface area contributed by atoms with E-state index in [9.17, 15) is 0 Å². The van der Waals surface area contributed by atoms with Crippen molar-refractivity contribution in [3.63, 3.8) is 0 Å². The topological polar surface area (TPSA) is 43.8 Å². The van der Waals surface area contributed by atoms with Crippen LogP contribution < -0.4 is 5.73 Å². The van der Waals surface area contributed by atoms with E-state index in [4.69, 9.17) is 5.73 Å². The van der Waals surface area contributed by atoms with Gasteiger partial charge in [0.1, 0.15) is 5.82 Å². The molecular formula is C12H19N3. The van der Waals surface area contributed by atoms with Crippen LogP contribution in [0.3, 0.4) is 0 Å². The highest BCUT2D eigenvalue weighted by molar-refractivity contribution is 4.95. The van der Waals surface area contributed by atoms with E-state index in [1.807, 2.05) is 6.20 Å². The largest absolute Gasteiger partial charge is 0.334 e. The molecule has 2 fully saturated rings. The van der Waals surface area contributed by atoms with Gasteiger partial charge in [-0.05, 0) is 37.0 Å². The second-order valence-corrected chi connectivity index (χ2v) is 5.13. The van der Waals surface area contributed by atoms with Gasteiger partial charge < -0.3 is 10.3 Å². The zero-order valence-electron chi connectivity index (χ0n) is 9.10. The van der Waals surface area contributed by atoms with Gasteiger partial charge in [0, 0.05) is 18.9 Å². The van der Waals surface area contributed by atoms with Gasteiger partial charge in [0.05, 0.1) is 6.54 Å². The minimum atomic E-state index is 0.563. The maximum Gasteiger partial charge on any atom is 0.122 e. The molecule has 3 nitrogen and oxygen atoms in total. The zero-order valence-corrected chi connectivity index (χ0v) is 9.10. The molecule has 3 heteroatoms. The number of imidazole rings is 1. The van der Waals surface area contributed by atoms with Crippen molar-refractivity contribution in [2.24, 2.45) is 23.5 Å². The van der Waals surface area contributed by atoms with Crippen molar-refractivity contribution >= 4 is 0 Å². The molecule has 0 amide bonds. The van der Waals surface area contributed by atoms with Gasteiger partial charge >= 0.3 is 0 Å². The first-order chi connectivity index (χ1) is 7.36. The first kappa shape index (κ1) is 9.40. The highest BCUT2D eigenvalue weighted by atomic mass is 15.1. The van der Waals surface area contributed by atoms with Crippen LogP contribution in [-0.4, -0.2) is 9.55 Å². The van der Waals surface area contributed by atoms with Crippen LogP contribution in [0, 0.1) is 17.8 Å². The standard InChI is InChI=1S/C12H19N3/c13-7-12-14-3-4-15(12)8-11-6-9-1-2-10(11)5-9/h3-4,9-11H,1-2,5-8,13H2. The summed E-state index contributed by atoms with van der Waals surface area (Å²) < 4.78 is 2.26. The monoisotopic (exact) mass is 205 g/mol.